The summed E-state index contributed by atoms with van der Waals surface area (Å²) in [5.74, 6) is -0.951. The summed E-state index contributed by atoms with van der Waals surface area (Å²) in [6.07, 6.45) is 3.55. The van der Waals surface area contributed by atoms with Crippen LogP contribution in [0.15, 0.2) is 24.3 Å². The van der Waals surface area contributed by atoms with Gasteiger partial charge in [-0.15, -0.1) is 0 Å². The van der Waals surface area contributed by atoms with Gasteiger partial charge in [0.25, 0.3) is 0 Å². The van der Waals surface area contributed by atoms with E-state index in [4.69, 9.17) is 5.11 Å². The second kappa shape index (κ2) is 4.80. The molecule has 2 rings (SSSR count). The molecule has 1 aliphatic rings. The zero-order chi connectivity index (χ0) is 13.2. The summed E-state index contributed by atoms with van der Waals surface area (Å²) in [6.45, 7) is 2.06. The van der Waals surface area contributed by atoms with Crippen molar-refractivity contribution in [1.29, 1.82) is 0 Å². The van der Waals surface area contributed by atoms with E-state index in [2.05, 4.69) is 12.2 Å². The number of carboxylic acid groups (broad SMARTS) is 1. The Labute approximate surface area is 106 Å². The lowest BCUT2D eigenvalue weighted by Crippen LogP contribution is -2.51. The summed E-state index contributed by atoms with van der Waals surface area (Å²) in [7, 11) is 0. The Bertz CT molecular complexity index is 460. The average Bonchev–Trinajstić information content (AvgIpc) is 2.27. The van der Waals surface area contributed by atoms with Crippen LogP contribution in [0.2, 0.25) is 0 Å². The zero-order valence-electron chi connectivity index (χ0n) is 10.4. The van der Waals surface area contributed by atoms with Crippen LogP contribution in [0.3, 0.4) is 0 Å². The van der Waals surface area contributed by atoms with E-state index in [1.807, 2.05) is 0 Å². The molecule has 0 aromatic heterocycles. The molecule has 0 bridgehead atoms. The highest BCUT2D eigenvalue weighted by Crippen LogP contribution is 2.30. The highest BCUT2D eigenvalue weighted by molar-refractivity contribution is 5.87. The molecule has 0 radical (unpaired) electrons. The van der Waals surface area contributed by atoms with Gasteiger partial charge >= 0.3 is 5.97 Å². The van der Waals surface area contributed by atoms with Crippen LogP contribution < -0.4 is 5.32 Å². The van der Waals surface area contributed by atoms with Gasteiger partial charge < -0.3 is 10.4 Å². The molecule has 4 nitrogen and oxygen atoms in total. The van der Waals surface area contributed by atoms with Gasteiger partial charge in [0.2, 0.25) is 5.91 Å². The number of carboxylic acids is 1. The lowest BCUT2D eigenvalue weighted by atomic mass is 9.78. The third-order valence-corrected chi connectivity index (χ3v) is 3.46. The van der Waals surface area contributed by atoms with E-state index >= 15 is 0 Å². The Morgan fingerprint density at radius 2 is 1.89 bits per heavy atom. The minimum absolute atomic E-state index is 0.000255. The Morgan fingerprint density at radius 1 is 1.28 bits per heavy atom. The Kier molecular flexibility index (Phi) is 3.36. The van der Waals surface area contributed by atoms with Gasteiger partial charge in [0.1, 0.15) is 0 Å². The molecule has 2 N–H and O–H groups in total. The predicted octanol–water partition coefficient (Wildman–Crippen LogP) is 1.99. The average molecular weight is 247 g/mol. The Hall–Kier alpha value is -1.84. The highest BCUT2D eigenvalue weighted by Gasteiger charge is 2.32. The van der Waals surface area contributed by atoms with Crippen LogP contribution in [-0.4, -0.2) is 22.5 Å². The number of benzene rings is 1. The number of carbonyl (C=O) groups is 2. The van der Waals surface area contributed by atoms with Crippen molar-refractivity contribution in [2.24, 2.45) is 0 Å². The minimum atomic E-state index is -0.951. The van der Waals surface area contributed by atoms with E-state index in [0.717, 1.165) is 18.4 Å². The molecule has 4 heteroatoms. The van der Waals surface area contributed by atoms with Gasteiger partial charge in [0.15, 0.2) is 0 Å². The topological polar surface area (TPSA) is 66.4 Å². The standard InChI is InChI=1S/C14H17NO3/c1-14(7-2-8-14)15-12(16)9-10-3-5-11(6-4-10)13(17)18/h3-6H,2,7-9H2,1H3,(H,15,16)(H,17,18). The number of rotatable bonds is 4. The van der Waals surface area contributed by atoms with Crippen molar-refractivity contribution in [2.45, 2.75) is 38.1 Å². The van der Waals surface area contributed by atoms with Crippen LogP contribution in [0.4, 0.5) is 0 Å². The molecule has 0 atom stereocenters. The van der Waals surface area contributed by atoms with Gasteiger partial charge in [0, 0.05) is 5.54 Å². The maximum Gasteiger partial charge on any atom is 0.335 e. The van der Waals surface area contributed by atoms with Crippen molar-refractivity contribution in [3.05, 3.63) is 35.4 Å². The fourth-order valence-electron chi connectivity index (χ4n) is 2.16. The van der Waals surface area contributed by atoms with E-state index in [-0.39, 0.29) is 17.0 Å². The van der Waals surface area contributed by atoms with Gasteiger partial charge in [0.05, 0.1) is 12.0 Å². The predicted molar refractivity (Wildman–Crippen MR) is 67.5 cm³/mol. The van der Waals surface area contributed by atoms with Crippen LogP contribution >= 0.6 is 0 Å². The second-order valence-electron chi connectivity index (χ2n) is 5.14. The van der Waals surface area contributed by atoms with E-state index in [9.17, 15) is 9.59 Å². The molecule has 0 heterocycles. The van der Waals surface area contributed by atoms with Crippen molar-refractivity contribution in [2.75, 3.05) is 0 Å². The minimum Gasteiger partial charge on any atom is -0.478 e. The number of hydrogen-bond acceptors (Lipinski definition) is 2. The second-order valence-corrected chi connectivity index (χ2v) is 5.14. The van der Waals surface area contributed by atoms with Crippen molar-refractivity contribution >= 4 is 11.9 Å². The van der Waals surface area contributed by atoms with Crippen LogP contribution in [0.5, 0.6) is 0 Å². The fourth-order valence-corrected chi connectivity index (χ4v) is 2.16. The molecule has 1 amide bonds. The number of carbonyl (C=O) groups excluding carboxylic acids is 1. The van der Waals surface area contributed by atoms with Crippen LogP contribution in [0.25, 0.3) is 0 Å². The Morgan fingerprint density at radius 3 is 2.33 bits per heavy atom. The van der Waals surface area contributed by atoms with Gasteiger partial charge in [-0.1, -0.05) is 12.1 Å². The quantitative estimate of drug-likeness (QED) is 0.855. The SMILES string of the molecule is CC1(NC(=O)Cc2ccc(C(=O)O)cc2)CCC1. The summed E-state index contributed by atoms with van der Waals surface area (Å²) in [4.78, 5) is 22.5. The maximum absolute atomic E-state index is 11.8. The normalized spacial score (nSPS) is 16.7. The van der Waals surface area contributed by atoms with Gasteiger partial charge in [-0.3, -0.25) is 4.79 Å². The van der Waals surface area contributed by atoms with Crippen LogP contribution in [0, 0.1) is 0 Å². The summed E-state index contributed by atoms with van der Waals surface area (Å²) in [5, 5.41) is 11.8. The molecule has 1 aromatic rings. The van der Waals surface area contributed by atoms with Crippen LogP contribution in [0.1, 0.15) is 42.1 Å². The zero-order valence-corrected chi connectivity index (χ0v) is 10.4. The molecule has 0 spiro atoms. The lowest BCUT2D eigenvalue weighted by Gasteiger charge is -2.39. The first-order valence-corrected chi connectivity index (χ1v) is 6.12. The highest BCUT2D eigenvalue weighted by atomic mass is 16.4. The number of hydrogen-bond donors (Lipinski definition) is 2. The van der Waals surface area contributed by atoms with E-state index in [1.54, 1.807) is 12.1 Å². The van der Waals surface area contributed by atoms with Crippen molar-refractivity contribution in [3.63, 3.8) is 0 Å². The van der Waals surface area contributed by atoms with Gasteiger partial charge in [-0.05, 0) is 43.9 Å². The molecule has 0 saturated heterocycles. The third kappa shape index (κ3) is 2.88. The van der Waals surface area contributed by atoms with Crippen LogP contribution in [-0.2, 0) is 11.2 Å². The van der Waals surface area contributed by atoms with Crippen molar-refractivity contribution in [1.82, 2.24) is 5.32 Å². The van der Waals surface area contributed by atoms with Gasteiger partial charge in [-0.2, -0.15) is 0 Å². The molecule has 0 aliphatic heterocycles. The summed E-state index contributed by atoms with van der Waals surface area (Å²) >= 11 is 0. The Balaban J connectivity index is 1.92. The van der Waals surface area contributed by atoms with E-state index < -0.39 is 5.97 Å². The van der Waals surface area contributed by atoms with Gasteiger partial charge in [-0.25, -0.2) is 4.79 Å². The van der Waals surface area contributed by atoms with E-state index in [0.29, 0.717) is 6.42 Å². The number of aromatic carboxylic acids is 1. The molecule has 0 unspecified atom stereocenters. The summed E-state index contributed by atoms with van der Waals surface area (Å²) in [5.41, 5.74) is 1.04. The molecule has 18 heavy (non-hydrogen) atoms. The molecular weight excluding hydrogens is 230 g/mol. The third-order valence-electron chi connectivity index (χ3n) is 3.46. The monoisotopic (exact) mass is 247 g/mol. The first kappa shape index (κ1) is 12.6. The van der Waals surface area contributed by atoms with E-state index in [1.165, 1.54) is 18.6 Å². The fraction of sp³-hybridized carbons (Fsp3) is 0.429. The number of nitrogens with one attached hydrogen (secondary N) is 1. The summed E-state index contributed by atoms with van der Waals surface area (Å²) < 4.78 is 0. The molecule has 1 aromatic carbocycles. The molecule has 1 aliphatic carbocycles. The largest absolute Gasteiger partial charge is 0.478 e. The smallest absolute Gasteiger partial charge is 0.335 e. The first-order valence-electron chi connectivity index (χ1n) is 6.12. The van der Waals surface area contributed by atoms with Crippen molar-refractivity contribution < 1.29 is 14.7 Å². The summed E-state index contributed by atoms with van der Waals surface area (Å²) in [6, 6.07) is 6.42. The molecule has 1 fully saturated rings. The molecule has 1 saturated carbocycles. The molecular formula is C14H17NO3. The maximum atomic E-state index is 11.8. The number of amides is 1. The van der Waals surface area contributed by atoms with Crippen molar-refractivity contribution in [3.8, 4) is 0 Å². The molecule has 96 valence electrons. The lowest BCUT2D eigenvalue weighted by molar-refractivity contribution is -0.123. The first-order chi connectivity index (χ1) is 8.48.